The summed E-state index contributed by atoms with van der Waals surface area (Å²) in [5, 5.41) is 2.15. The molecule has 1 aromatic heterocycles. The van der Waals surface area contributed by atoms with Crippen molar-refractivity contribution in [2.24, 2.45) is 0 Å². The third-order valence-corrected chi connectivity index (χ3v) is 8.75. The lowest BCUT2D eigenvalue weighted by Crippen LogP contribution is -2.41. The van der Waals surface area contributed by atoms with E-state index in [-0.39, 0.29) is 23.4 Å². The first-order valence-corrected chi connectivity index (χ1v) is 14.2. The standard InChI is InChI=1S/C30H32F3N3O2S/c1-21-5-2-3-6-24(21)28-25-13-20-39-26(25)11-16-35(28)17-12-27(37)34-14-4-15-36(19-18-34)29(38)22-7-9-23(10-8-22)30(31,32)33/h2-3,5-10,13,20,28H,4,11-12,14-19H2,1H3. The number of alkyl halides is 3. The molecule has 2 amide bonds. The molecule has 0 spiro atoms. The maximum atomic E-state index is 13.3. The summed E-state index contributed by atoms with van der Waals surface area (Å²) < 4.78 is 38.6. The van der Waals surface area contributed by atoms with Gasteiger partial charge in [-0.15, -0.1) is 11.3 Å². The number of hydrogen-bond donors (Lipinski definition) is 0. The second-order valence-electron chi connectivity index (χ2n) is 10.2. The van der Waals surface area contributed by atoms with Gasteiger partial charge in [0.25, 0.3) is 5.91 Å². The molecule has 0 N–H and O–H groups in total. The van der Waals surface area contributed by atoms with Crippen molar-refractivity contribution in [3.05, 3.63) is 92.7 Å². The molecule has 9 heteroatoms. The number of carbonyl (C=O) groups excluding carboxylic acids is 2. The summed E-state index contributed by atoms with van der Waals surface area (Å²) >= 11 is 1.80. The lowest BCUT2D eigenvalue weighted by Gasteiger charge is -2.37. The van der Waals surface area contributed by atoms with Crippen LogP contribution in [0.1, 0.15) is 56.4 Å². The maximum absolute atomic E-state index is 13.3. The van der Waals surface area contributed by atoms with Gasteiger partial charge in [-0.05, 0) is 72.2 Å². The summed E-state index contributed by atoms with van der Waals surface area (Å²) in [4.78, 5) is 33.5. The van der Waals surface area contributed by atoms with E-state index >= 15 is 0 Å². The Kier molecular flexibility index (Phi) is 8.09. The van der Waals surface area contributed by atoms with Gasteiger partial charge in [-0.2, -0.15) is 13.2 Å². The van der Waals surface area contributed by atoms with Gasteiger partial charge in [0.15, 0.2) is 0 Å². The van der Waals surface area contributed by atoms with Crippen molar-refractivity contribution in [1.82, 2.24) is 14.7 Å². The van der Waals surface area contributed by atoms with Gasteiger partial charge in [0.2, 0.25) is 5.91 Å². The molecule has 2 aromatic carbocycles. The minimum atomic E-state index is -4.44. The van der Waals surface area contributed by atoms with E-state index in [1.165, 1.54) is 33.7 Å². The summed E-state index contributed by atoms with van der Waals surface area (Å²) in [6, 6.07) is 15.1. The largest absolute Gasteiger partial charge is 0.416 e. The van der Waals surface area contributed by atoms with Crippen LogP contribution in [-0.4, -0.2) is 65.8 Å². The van der Waals surface area contributed by atoms with Gasteiger partial charge in [0.1, 0.15) is 0 Å². The Morgan fingerprint density at radius 3 is 2.36 bits per heavy atom. The first kappa shape index (κ1) is 27.4. The van der Waals surface area contributed by atoms with Gasteiger partial charge in [-0.25, -0.2) is 0 Å². The number of amides is 2. The highest BCUT2D eigenvalue weighted by molar-refractivity contribution is 7.10. The fourth-order valence-corrected chi connectivity index (χ4v) is 6.52. The average molecular weight is 556 g/mol. The maximum Gasteiger partial charge on any atom is 0.416 e. The second-order valence-corrected chi connectivity index (χ2v) is 11.2. The van der Waals surface area contributed by atoms with Crippen LogP contribution in [0.15, 0.2) is 60.0 Å². The van der Waals surface area contributed by atoms with Crippen LogP contribution in [0.25, 0.3) is 0 Å². The van der Waals surface area contributed by atoms with Crippen LogP contribution < -0.4 is 0 Å². The van der Waals surface area contributed by atoms with Crippen molar-refractivity contribution < 1.29 is 22.8 Å². The van der Waals surface area contributed by atoms with Gasteiger partial charge >= 0.3 is 6.18 Å². The molecule has 3 aromatic rings. The Balaban J connectivity index is 1.20. The Bertz CT molecular complexity index is 1320. The van der Waals surface area contributed by atoms with Crippen LogP contribution >= 0.6 is 11.3 Å². The molecule has 5 nitrogen and oxygen atoms in total. The predicted molar refractivity (Wildman–Crippen MR) is 146 cm³/mol. The average Bonchev–Trinajstić information content (AvgIpc) is 3.27. The van der Waals surface area contributed by atoms with Crippen molar-refractivity contribution in [3.63, 3.8) is 0 Å². The third-order valence-electron chi connectivity index (χ3n) is 7.76. The van der Waals surface area contributed by atoms with E-state index in [4.69, 9.17) is 0 Å². The zero-order valence-corrected chi connectivity index (χ0v) is 22.7. The molecule has 5 rings (SSSR count). The third kappa shape index (κ3) is 6.04. The smallest absolute Gasteiger partial charge is 0.341 e. The van der Waals surface area contributed by atoms with Crippen molar-refractivity contribution in [3.8, 4) is 0 Å². The summed E-state index contributed by atoms with van der Waals surface area (Å²) in [6.07, 6.45) is -2.43. The molecular weight excluding hydrogens is 523 g/mol. The van der Waals surface area contributed by atoms with Crippen LogP contribution in [0.5, 0.6) is 0 Å². The molecule has 3 heterocycles. The number of fused-ring (bicyclic) bond motifs is 1. The molecule has 39 heavy (non-hydrogen) atoms. The highest BCUT2D eigenvalue weighted by atomic mass is 32.1. The first-order chi connectivity index (χ1) is 18.7. The topological polar surface area (TPSA) is 43.9 Å². The van der Waals surface area contributed by atoms with Crippen LogP contribution in [0.3, 0.4) is 0 Å². The summed E-state index contributed by atoms with van der Waals surface area (Å²) in [6.45, 7) is 5.49. The van der Waals surface area contributed by atoms with E-state index in [9.17, 15) is 22.8 Å². The minimum absolute atomic E-state index is 0.0680. The molecule has 2 aliphatic rings. The second kappa shape index (κ2) is 11.5. The van der Waals surface area contributed by atoms with Crippen molar-refractivity contribution in [1.29, 1.82) is 0 Å². The normalized spacial score (nSPS) is 18.5. The fourth-order valence-electron chi connectivity index (χ4n) is 5.62. The number of thiophene rings is 1. The van der Waals surface area contributed by atoms with E-state index in [2.05, 4.69) is 47.5 Å². The quantitative estimate of drug-likeness (QED) is 0.401. The van der Waals surface area contributed by atoms with Crippen LogP contribution in [0.2, 0.25) is 0 Å². The van der Waals surface area contributed by atoms with E-state index in [0.717, 1.165) is 25.1 Å². The number of hydrogen-bond acceptors (Lipinski definition) is 4. The predicted octanol–water partition coefficient (Wildman–Crippen LogP) is 5.79. The molecule has 2 aliphatic heterocycles. The monoisotopic (exact) mass is 555 g/mol. The summed E-state index contributed by atoms with van der Waals surface area (Å²) in [7, 11) is 0. The van der Waals surface area contributed by atoms with Gasteiger partial charge in [0.05, 0.1) is 11.6 Å². The van der Waals surface area contributed by atoms with E-state index in [1.54, 1.807) is 16.2 Å². The van der Waals surface area contributed by atoms with Crippen LogP contribution in [0.4, 0.5) is 13.2 Å². The number of rotatable bonds is 5. The van der Waals surface area contributed by atoms with Crippen LogP contribution in [0, 0.1) is 6.92 Å². The molecule has 206 valence electrons. The molecule has 1 fully saturated rings. The number of halogens is 3. The number of benzene rings is 2. The van der Waals surface area contributed by atoms with E-state index in [0.29, 0.717) is 45.6 Å². The highest BCUT2D eigenvalue weighted by Gasteiger charge is 2.32. The van der Waals surface area contributed by atoms with Gasteiger partial charge in [-0.1, -0.05) is 24.3 Å². The van der Waals surface area contributed by atoms with Gasteiger partial charge < -0.3 is 9.80 Å². The van der Waals surface area contributed by atoms with Crippen molar-refractivity contribution in [2.45, 2.75) is 38.4 Å². The fraction of sp³-hybridized carbons (Fsp3) is 0.400. The molecule has 0 bridgehead atoms. The number of nitrogens with zero attached hydrogens (tertiary/aromatic N) is 3. The SMILES string of the molecule is Cc1ccccc1C1c2ccsc2CCN1CCC(=O)N1CCCN(C(=O)c2ccc(C(F)(F)F)cc2)CC1. The minimum Gasteiger partial charge on any atom is -0.341 e. The molecule has 1 saturated heterocycles. The van der Waals surface area contributed by atoms with Crippen LogP contribution in [-0.2, 0) is 17.4 Å². The van der Waals surface area contributed by atoms with Gasteiger partial charge in [0, 0.05) is 56.1 Å². The van der Waals surface area contributed by atoms with Crippen molar-refractivity contribution >= 4 is 23.2 Å². The summed E-state index contributed by atoms with van der Waals surface area (Å²) in [5.74, 6) is -0.238. The first-order valence-electron chi connectivity index (χ1n) is 13.3. The number of aryl methyl sites for hydroxylation is 1. The molecule has 0 saturated carbocycles. The molecule has 0 aliphatic carbocycles. The highest BCUT2D eigenvalue weighted by Crippen LogP contribution is 2.39. The Morgan fingerprint density at radius 2 is 1.62 bits per heavy atom. The zero-order chi connectivity index (χ0) is 27.6. The zero-order valence-electron chi connectivity index (χ0n) is 21.9. The Labute approximate surface area is 230 Å². The summed E-state index contributed by atoms with van der Waals surface area (Å²) in [5.41, 5.74) is 3.29. The lowest BCUT2D eigenvalue weighted by atomic mass is 9.90. The lowest BCUT2D eigenvalue weighted by molar-refractivity contribution is -0.137. The van der Waals surface area contributed by atoms with E-state index < -0.39 is 11.7 Å². The molecule has 1 unspecified atom stereocenters. The molecule has 1 atom stereocenters. The number of carbonyl (C=O) groups is 2. The Hall–Kier alpha value is -3.17. The molecular formula is C30H32F3N3O2S. The molecule has 0 radical (unpaired) electrons. The van der Waals surface area contributed by atoms with Gasteiger partial charge in [-0.3, -0.25) is 14.5 Å². The van der Waals surface area contributed by atoms with E-state index in [1.807, 2.05) is 4.90 Å². The van der Waals surface area contributed by atoms with Crippen molar-refractivity contribution in [2.75, 3.05) is 39.3 Å². The Morgan fingerprint density at radius 1 is 0.897 bits per heavy atom.